The third kappa shape index (κ3) is 3.72. The van der Waals surface area contributed by atoms with Crippen LogP contribution in [0.2, 0.25) is 0 Å². The number of rotatable bonds is 4. The number of thiocarbonyl (C=S) groups is 1. The van der Waals surface area contributed by atoms with Crippen molar-refractivity contribution in [1.29, 1.82) is 0 Å². The van der Waals surface area contributed by atoms with E-state index in [4.69, 9.17) is 21.6 Å². The van der Waals surface area contributed by atoms with Crippen LogP contribution < -0.4 is 15.5 Å². The summed E-state index contributed by atoms with van der Waals surface area (Å²) >= 11 is 5.49. The number of nitrogens with one attached hydrogen (secondary N) is 2. The molecule has 0 bridgehead atoms. The van der Waals surface area contributed by atoms with Crippen LogP contribution in [-0.2, 0) is 11.2 Å². The fourth-order valence-electron chi connectivity index (χ4n) is 3.24. The molecule has 2 N–H and O–H groups in total. The number of hydrogen-bond acceptors (Lipinski definition) is 6. The highest BCUT2D eigenvalue weighted by atomic mass is 32.1. The standard InChI is InChI=1S/C19H21N5O2S/c1-2-13-5-3-4-6-14(13)20-19(27)21-15-7-8-16(18-17(15)22-26-23-18)24-9-11-25-12-10-24/h3-8H,2,9-12H2,1H3,(H2,20,21,27). The lowest BCUT2D eigenvalue weighted by Gasteiger charge is -2.28. The first kappa shape index (κ1) is 17.7. The van der Waals surface area contributed by atoms with E-state index >= 15 is 0 Å². The molecular formula is C19H21N5O2S. The van der Waals surface area contributed by atoms with Gasteiger partial charge in [0, 0.05) is 18.8 Å². The molecule has 0 saturated carbocycles. The minimum absolute atomic E-state index is 0.499. The Morgan fingerprint density at radius 1 is 1.04 bits per heavy atom. The third-order valence-corrected chi connectivity index (χ3v) is 4.84. The molecule has 0 aliphatic carbocycles. The lowest BCUT2D eigenvalue weighted by molar-refractivity contribution is 0.123. The summed E-state index contributed by atoms with van der Waals surface area (Å²) in [6.07, 6.45) is 0.928. The summed E-state index contributed by atoms with van der Waals surface area (Å²) in [6, 6.07) is 12.1. The summed E-state index contributed by atoms with van der Waals surface area (Å²) in [6.45, 7) is 5.17. The Kier molecular flexibility index (Phi) is 5.17. The highest BCUT2D eigenvalue weighted by Gasteiger charge is 2.19. The van der Waals surface area contributed by atoms with Gasteiger partial charge in [-0.15, -0.1) is 0 Å². The fraction of sp³-hybridized carbons (Fsp3) is 0.316. The Hall–Kier alpha value is -2.71. The van der Waals surface area contributed by atoms with E-state index in [0.717, 1.165) is 42.1 Å². The first-order chi connectivity index (χ1) is 13.3. The SMILES string of the molecule is CCc1ccccc1NC(=S)Nc1ccc(N2CCOCC2)c2nonc12. The van der Waals surface area contributed by atoms with Gasteiger partial charge in [-0.05, 0) is 52.7 Å². The molecule has 1 fully saturated rings. The zero-order valence-corrected chi connectivity index (χ0v) is 15.9. The molecule has 0 unspecified atom stereocenters. The van der Waals surface area contributed by atoms with E-state index in [0.29, 0.717) is 23.8 Å². The molecule has 0 amide bonds. The summed E-state index contributed by atoms with van der Waals surface area (Å²) in [5.41, 5.74) is 5.34. The van der Waals surface area contributed by atoms with Crippen LogP contribution in [0, 0.1) is 0 Å². The second-order valence-electron chi connectivity index (χ2n) is 6.28. The van der Waals surface area contributed by atoms with Gasteiger partial charge in [-0.2, -0.15) is 0 Å². The molecule has 3 aromatic rings. The van der Waals surface area contributed by atoms with E-state index in [9.17, 15) is 0 Å². The van der Waals surface area contributed by atoms with Gasteiger partial charge in [-0.25, -0.2) is 4.63 Å². The maximum absolute atomic E-state index is 5.49. The number of aromatic nitrogens is 2. The van der Waals surface area contributed by atoms with Gasteiger partial charge in [-0.1, -0.05) is 25.1 Å². The average Bonchev–Trinajstić information content (AvgIpc) is 3.19. The van der Waals surface area contributed by atoms with Crippen molar-refractivity contribution >= 4 is 45.4 Å². The van der Waals surface area contributed by atoms with Crippen molar-refractivity contribution in [3.8, 4) is 0 Å². The molecule has 8 heteroatoms. The van der Waals surface area contributed by atoms with Crippen LogP contribution in [0.25, 0.3) is 11.0 Å². The lowest BCUT2D eigenvalue weighted by atomic mass is 10.1. The number of benzene rings is 2. The summed E-state index contributed by atoms with van der Waals surface area (Å²) in [5, 5.41) is 15.1. The van der Waals surface area contributed by atoms with Crippen molar-refractivity contribution in [3.05, 3.63) is 42.0 Å². The quantitative estimate of drug-likeness (QED) is 0.664. The molecule has 1 aliphatic heterocycles. The van der Waals surface area contributed by atoms with E-state index in [2.05, 4.69) is 38.8 Å². The van der Waals surface area contributed by atoms with Gasteiger partial charge in [0.2, 0.25) is 0 Å². The zero-order valence-electron chi connectivity index (χ0n) is 15.1. The molecule has 0 spiro atoms. The Morgan fingerprint density at radius 2 is 1.78 bits per heavy atom. The van der Waals surface area contributed by atoms with Crippen molar-refractivity contribution in [2.75, 3.05) is 41.8 Å². The molecule has 140 valence electrons. The second kappa shape index (κ2) is 7.89. The highest BCUT2D eigenvalue weighted by Crippen LogP contribution is 2.30. The molecule has 4 rings (SSSR count). The monoisotopic (exact) mass is 383 g/mol. The molecule has 1 aromatic heterocycles. The van der Waals surface area contributed by atoms with Crippen molar-refractivity contribution in [3.63, 3.8) is 0 Å². The topological polar surface area (TPSA) is 75.5 Å². The van der Waals surface area contributed by atoms with Crippen molar-refractivity contribution in [2.45, 2.75) is 13.3 Å². The Morgan fingerprint density at radius 3 is 2.59 bits per heavy atom. The molecule has 2 aromatic carbocycles. The fourth-order valence-corrected chi connectivity index (χ4v) is 3.46. The van der Waals surface area contributed by atoms with Gasteiger partial charge >= 0.3 is 0 Å². The summed E-state index contributed by atoms with van der Waals surface area (Å²) in [5.74, 6) is 0. The van der Waals surface area contributed by atoms with Crippen molar-refractivity contribution in [1.82, 2.24) is 10.3 Å². The molecule has 2 heterocycles. The molecule has 0 atom stereocenters. The van der Waals surface area contributed by atoms with Gasteiger partial charge < -0.3 is 20.3 Å². The zero-order chi connectivity index (χ0) is 18.6. The number of para-hydroxylation sites is 1. The van der Waals surface area contributed by atoms with Crippen LogP contribution in [0.3, 0.4) is 0 Å². The van der Waals surface area contributed by atoms with Crippen LogP contribution in [0.4, 0.5) is 17.1 Å². The lowest BCUT2D eigenvalue weighted by Crippen LogP contribution is -2.36. The van der Waals surface area contributed by atoms with Gasteiger partial charge in [0.25, 0.3) is 0 Å². The van der Waals surface area contributed by atoms with Crippen LogP contribution in [-0.4, -0.2) is 41.7 Å². The first-order valence-electron chi connectivity index (χ1n) is 9.00. The Balaban J connectivity index is 1.55. The van der Waals surface area contributed by atoms with E-state index in [-0.39, 0.29) is 0 Å². The first-order valence-corrected chi connectivity index (χ1v) is 9.41. The van der Waals surface area contributed by atoms with E-state index in [1.165, 1.54) is 5.56 Å². The summed E-state index contributed by atoms with van der Waals surface area (Å²) in [7, 11) is 0. The molecular weight excluding hydrogens is 362 g/mol. The molecule has 7 nitrogen and oxygen atoms in total. The number of aryl methyl sites for hydroxylation is 1. The summed E-state index contributed by atoms with van der Waals surface area (Å²) < 4.78 is 10.4. The third-order valence-electron chi connectivity index (χ3n) is 4.64. The maximum atomic E-state index is 5.49. The number of morpholine rings is 1. The van der Waals surface area contributed by atoms with E-state index < -0.39 is 0 Å². The number of anilines is 3. The van der Waals surface area contributed by atoms with Gasteiger partial charge in [0.15, 0.2) is 16.1 Å². The second-order valence-corrected chi connectivity index (χ2v) is 6.69. The number of hydrogen-bond donors (Lipinski definition) is 2. The van der Waals surface area contributed by atoms with Crippen LogP contribution in [0.1, 0.15) is 12.5 Å². The predicted molar refractivity (Wildman–Crippen MR) is 110 cm³/mol. The number of fused-ring (bicyclic) bond motifs is 1. The largest absolute Gasteiger partial charge is 0.378 e. The molecule has 0 radical (unpaired) electrons. The Bertz CT molecular complexity index is 952. The molecule has 1 aliphatic rings. The minimum Gasteiger partial charge on any atom is -0.378 e. The normalized spacial score (nSPS) is 14.3. The Labute approximate surface area is 162 Å². The van der Waals surface area contributed by atoms with E-state index in [1.54, 1.807) is 0 Å². The van der Waals surface area contributed by atoms with Crippen LogP contribution in [0.5, 0.6) is 0 Å². The van der Waals surface area contributed by atoms with Gasteiger partial charge in [0.05, 0.1) is 24.6 Å². The van der Waals surface area contributed by atoms with Crippen LogP contribution >= 0.6 is 12.2 Å². The highest BCUT2D eigenvalue weighted by molar-refractivity contribution is 7.80. The molecule has 1 saturated heterocycles. The number of nitrogens with zero attached hydrogens (tertiary/aromatic N) is 3. The molecule has 27 heavy (non-hydrogen) atoms. The maximum Gasteiger partial charge on any atom is 0.175 e. The minimum atomic E-state index is 0.499. The smallest absolute Gasteiger partial charge is 0.175 e. The van der Waals surface area contributed by atoms with E-state index in [1.807, 2.05) is 30.3 Å². The van der Waals surface area contributed by atoms with Crippen molar-refractivity contribution < 1.29 is 9.37 Å². The summed E-state index contributed by atoms with van der Waals surface area (Å²) in [4.78, 5) is 2.23. The average molecular weight is 383 g/mol. The van der Waals surface area contributed by atoms with Crippen molar-refractivity contribution in [2.24, 2.45) is 0 Å². The van der Waals surface area contributed by atoms with Gasteiger partial charge in [-0.3, -0.25) is 0 Å². The number of ether oxygens (including phenoxy) is 1. The van der Waals surface area contributed by atoms with Crippen LogP contribution in [0.15, 0.2) is 41.0 Å². The predicted octanol–water partition coefficient (Wildman–Crippen LogP) is 3.43. The van der Waals surface area contributed by atoms with Gasteiger partial charge in [0.1, 0.15) is 0 Å².